The van der Waals surface area contributed by atoms with Crippen molar-refractivity contribution >= 4 is 39.4 Å². The van der Waals surface area contributed by atoms with Crippen LogP contribution in [0.3, 0.4) is 0 Å². The third kappa shape index (κ3) is 2.71. The smallest absolute Gasteiger partial charge is 0.196 e. The molecule has 126 valence electrons. The van der Waals surface area contributed by atoms with Crippen molar-refractivity contribution < 1.29 is 0 Å². The number of imidazole rings is 1. The first kappa shape index (κ1) is 16.2. The Kier molecular flexibility index (Phi) is 4.02. The van der Waals surface area contributed by atoms with Crippen LogP contribution in [0.25, 0.3) is 16.2 Å². The van der Waals surface area contributed by atoms with Gasteiger partial charge in [0.15, 0.2) is 4.96 Å². The van der Waals surface area contributed by atoms with Gasteiger partial charge in [0.1, 0.15) is 11.5 Å². The number of para-hydroxylation sites is 1. The topological polar surface area (TPSA) is 29.3 Å². The molecule has 25 heavy (non-hydrogen) atoms. The van der Waals surface area contributed by atoms with E-state index in [1.54, 1.807) is 11.3 Å². The number of nitrogens with one attached hydrogen (secondary N) is 1. The fraction of sp³-hybridized carbons (Fsp3) is 0.150. The molecule has 3 nitrogen and oxygen atoms in total. The third-order valence-electron chi connectivity index (χ3n) is 4.39. The van der Waals surface area contributed by atoms with Crippen LogP contribution in [0, 0.1) is 20.8 Å². The average molecular weight is 368 g/mol. The number of hydrogen-bond acceptors (Lipinski definition) is 3. The number of anilines is 2. The number of benzene rings is 2. The van der Waals surface area contributed by atoms with Gasteiger partial charge in [0.2, 0.25) is 0 Å². The third-order valence-corrected chi connectivity index (χ3v) is 5.66. The molecule has 0 aliphatic rings. The highest BCUT2D eigenvalue weighted by Gasteiger charge is 2.19. The molecular formula is C20H18ClN3S. The van der Waals surface area contributed by atoms with Crippen LogP contribution in [0.1, 0.15) is 16.8 Å². The van der Waals surface area contributed by atoms with Crippen molar-refractivity contribution in [3.8, 4) is 11.3 Å². The fourth-order valence-electron chi connectivity index (χ4n) is 3.08. The molecule has 0 fully saturated rings. The molecule has 0 radical (unpaired) electrons. The molecule has 2 aromatic heterocycles. The van der Waals surface area contributed by atoms with E-state index in [0.29, 0.717) is 5.02 Å². The minimum Gasteiger partial charge on any atom is -0.339 e. The zero-order valence-electron chi connectivity index (χ0n) is 14.3. The van der Waals surface area contributed by atoms with Crippen LogP contribution < -0.4 is 5.32 Å². The summed E-state index contributed by atoms with van der Waals surface area (Å²) in [6.07, 6.45) is 0. The highest BCUT2D eigenvalue weighted by Crippen LogP contribution is 2.38. The molecule has 0 saturated carbocycles. The van der Waals surface area contributed by atoms with Crippen LogP contribution in [0.2, 0.25) is 5.02 Å². The molecule has 5 heteroatoms. The van der Waals surface area contributed by atoms with Gasteiger partial charge in [-0.05, 0) is 38.0 Å². The van der Waals surface area contributed by atoms with Crippen LogP contribution in [-0.2, 0) is 0 Å². The molecule has 2 heterocycles. The summed E-state index contributed by atoms with van der Waals surface area (Å²) in [6, 6.07) is 14.2. The Morgan fingerprint density at radius 1 is 1.00 bits per heavy atom. The van der Waals surface area contributed by atoms with Gasteiger partial charge in [0.05, 0.1) is 5.02 Å². The Balaban J connectivity index is 1.97. The van der Waals surface area contributed by atoms with Gasteiger partial charge in [-0.25, -0.2) is 4.98 Å². The monoisotopic (exact) mass is 367 g/mol. The van der Waals surface area contributed by atoms with E-state index in [-0.39, 0.29) is 0 Å². The molecule has 0 atom stereocenters. The molecular weight excluding hydrogens is 350 g/mol. The van der Waals surface area contributed by atoms with Gasteiger partial charge < -0.3 is 5.32 Å². The van der Waals surface area contributed by atoms with Crippen molar-refractivity contribution in [1.29, 1.82) is 0 Å². The second-order valence-electron chi connectivity index (χ2n) is 6.18. The van der Waals surface area contributed by atoms with Crippen LogP contribution in [0.5, 0.6) is 0 Å². The lowest BCUT2D eigenvalue weighted by Crippen LogP contribution is -2.01. The first-order valence-electron chi connectivity index (χ1n) is 8.11. The number of nitrogens with zero attached hydrogens (tertiary/aromatic N) is 2. The first-order valence-corrected chi connectivity index (χ1v) is 9.36. The number of fused-ring (bicyclic) bond motifs is 1. The average Bonchev–Trinajstić information content (AvgIpc) is 3.12. The minimum absolute atomic E-state index is 0.704. The molecule has 4 aromatic rings. The first-order chi connectivity index (χ1) is 12.1. The summed E-state index contributed by atoms with van der Waals surface area (Å²) in [5.74, 6) is 0.958. The van der Waals surface area contributed by atoms with E-state index in [1.165, 1.54) is 11.1 Å². The molecule has 1 N–H and O–H groups in total. The summed E-state index contributed by atoms with van der Waals surface area (Å²) in [7, 11) is 0. The maximum atomic E-state index is 6.46. The lowest BCUT2D eigenvalue weighted by molar-refractivity contribution is 1.13. The molecule has 4 rings (SSSR count). The van der Waals surface area contributed by atoms with Gasteiger partial charge >= 0.3 is 0 Å². The fourth-order valence-corrected chi connectivity index (χ4v) is 4.17. The number of thiazole rings is 1. The number of aryl methyl sites for hydroxylation is 3. The molecule has 0 spiro atoms. The van der Waals surface area contributed by atoms with Crippen LogP contribution in [0.4, 0.5) is 11.5 Å². The zero-order valence-corrected chi connectivity index (χ0v) is 15.9. The summed E-state index contributed by atoms with van der Waals surface area (Å²) in [6.45, 7) is 6.32. The highest BCUT2D eigenvalue weighted by atomic mass is 35.5. The van der Waals surface area contributed by atoms with Gasteiger partial charge in [-0.3, -0.25) is 4.40 Å². The highest BCUT2D eigenvalue weighted by molar-refractivity contribution is 7.15. The van der Waals surface area contributed by atoms with E-state index in [2.05, 4.69) is 54.1 Å². The number of halogens is 1. The molecule has 0 aliphatic heterocycles. The maximum Gasteiger partial charge on any atom is 0.196 e. The molecule has 0 amide bonds. The lowest BCUT2D eigenvalue weighted by atomic mass is 10.1. The van der Waals surface area contributed by atoms with E-state index in [0.717, 1.165) is 33.4 Å². The molecule has 2 aromatic carbocycles. The molecule has 0 bridgehead atoms. The van der Waals surface area contributed by atoms with Gasteiger partial charge in [-0.15, -0.1) is 11.3 Å². The summed E-state index contributed by atoms with van der Waals surface area (Å²) < 4.78 is 2.16. The summed E-state index contributed by atoms with van der Waals surface area (Å²) in [5.41, 5.74) is 6.49. The second-order valence-corrected chi connectivity index (χ2v) is 7.42. The largest absolute Gasteiger partial charge is 0.339 e. The molecule has 0 unspecified atom stereocenters. The predicted octanol–water partition coefficient (Wildman–Crippen LogP) is 6.39. The Bertz CT molecular complexity index is 1060. The maximum absolute atomic E-state index is 6.46. The Morgan fingerprint density at radius 2 is 1.72 bits per heavy atom. The van der Waals surface area contributed by atoms with E-state index in [9.17, 15) is 0 Å². The van der Waals surface area contributed by atoms with Gasteiger partial charge in [0, 0.05) is 22.3 Å². The van der Waals surface area contributed by atoms with Gasteiger partial charge in [0.25, 0.3) is 0 Å². The number of hydrogen-bond donors (Lipinski definition) is 1. The van der Waals surface area contributed by atoms with Crippen molar-refractivity contribution in [3.63, 3.8) is 0 Å². The lowest BCUT2D eigenvalue weighted by Gasteiger charge is -2.14. The Labute approximate surface area is 155 Å². The van der Waals surface area contributed by atoms with E-state index in [1.807, 2.05) is 24.3 Å². The quantitative estimate of drug-likeness (QED) is 0.455. The van der Waals surface area contributed by atoms with Gasteiger partial charge in [-0.2, -0.15) is 0 Å². The standard InChI is InChI=1S/C20H18ClN3S/c1-12-7-6-8-13(2)17(12)22-19-18(15-9-4-5-10-16(15)21)23-20-24(19)14(3)11-25-20/h4-11,22H,1-3H3. The Morgan fingerprint density at radius 3 is 2.44 bits per heavy atom. The van der Waals surface area contributed by atoms with E-state index in [4.69, 9.17) is 16.6 Å². The van der Waals surface area contributed by atoms with Crippen molar-refractivity contribution in [2.75, 3.05) is 5.32 Å². The number of aromatic nitrogens is 2. The van der Waals surface area contributed by atoms with E-state index < -0.39 is 0 Å². The van der Waals surface area contributed by atoms with E-state index >= 15 is 0 Å². The number of rotatable bonds is 3. The van der Waals surface area contributed by atoms with Crippen molar-refractivity contribution in [2.45, 2.75) is 20.8 Å². The molecule has 0 saturated heterocycles. The minimum atomic E-state index is 0.704. The van der Waals surface area contributed by atoms with Crippen molar-refractivity contribution in [3.05, 3.63) is 69.7 Å². The van der Waals surface area contributed by atoms with Crippen molar-refractivity contribution in [1.82, 2.24) is 9.38 Å². The summed E-state index contributed by atoms with van der Waals surface area (Å²) in [5, 5.41) is 6.46. The SMILES string of the molecule is Cc1cccc(C)c1Nc1c(-c2ccccc2Cl)nc2scc(C)n12. The van der Waals surface area contributed by atoms with Crippen LogP contribution >= 0.6 is 22.9 Å². The summed E-state index contributed by atoms with van der Waals surface area (Å²) >= 11 is 8.09. The molecule has 0 aliphatic carbocycles. The zero-order chi connectivity index (χ0) is 17.6. The van der Waals surface area contributed by atoms with Crippen molar-refractivity contribution in [2.24, 2.45) is 0 Å². The predicted molar refractivity (Wildman–Crippen MR) is 107 cm³/mol. The van der Waals surface area contributed by atoms with Gasteiger partial charge in [-0.1, -0.05) is 48.0 Å². The van der Waals surface area contributed by atoms with Crippen LogP contribution in [-0.4, -0.2) is 9.38 Å². The summed E-state index contributed by atoms with van der Waals surface area (Å²) in [4.78, 5) is 5.81. The van der Waals surface area contributed by atoms with Crippen LogP contribution in [0.15, 0.2) is 47.8 Å². The Hall–Kier alpha value is -2.30. The second kappa shape index (κ2) is 6.21. The normalized spacial score (nSPS) is 11.2.